The van der Waals surface area contributed by atoms with E-state index in [0.29, 0.717) is 6.54 Å². The van der Waals surface area contributed by atoms with Crippen LogP contribution in [0.4, 0.5) is 0 Å². The number of nitrogens with zero attached hydrogens (tertiary/aromatic N) is 2. The van der Waals surface area contributed by atoms with Gasteiger partial charge in [0.15, 0.2) is 5.96 Å². The largest absolute Gasteiger partial charge is 0.357 e. The Hall–Kier alpha value is -0.670. The number of nitrogens with one attached hydrogen (secondary N) is 2. The smallest absolute Gasteiger partial charge is 0.191 e. The average Bonchev–Trinajstić information content (AvgIpc) is 3.04. The second-order valence-corrected chi connectivity index (χ2v) is 5.96. The first-order valence-electron chi connectivity index (χ1n) is 6.23. The molecule has 110 valence electrons. The fourth-order valence-electron chi connectivity index (χ4n) is 1.56. The summed E-state index contributed by atoms with van der Waals surface area (Å²) in [5.74, 6) is 0.851. The molecule has 0 aliphatic rings. The van der Waals surface area contributed by atoms with E-state index in [1.165, 1.54) is 9.75 Å². The van der Waals surface area contributed by atoms with Crippen molar-refractivity contribution in [2.45, 2.75) is 26.9 Å². The minimum absolute atomic E-state index is 0. The highest BCUT2D eigenvalue weighted by Gasteiger charge is 2.03. The van der Waals surface area contributed by atoms with Crippen molar-refractivity contribution in [2.75, 3.05) is 6.54 Å². The van der Waals surface area contributed by atoms with Gasteiger partial charge in [-0.15, -0.1) is 46.7 Å². The van der Waals surface area contributed by atoms with Crippen molar-refractivity contribution in [2.24, 2.45) is 4.99 Å². The van der Waals surface area contributed by atoms with Gasteiger partial charge >= 0.3 is 0 Å². The minimum atomic E-state index is 0. The maximum Gasteiger partial charge on any atom is 0.191 e. The van der Waals surface area contributed by atoms with Crippen molar-refractivity contribution in [1.82, 2.24) is 15.6 Å². The number of aromatic nitrogens is 1. The summed E-state index contributed by atoms with van der Waals surface area (Å²) in [7, 11) is 0. The van der Waals surface area contributed by atoms with Crippen LogP contribution in [0.2, 0.25) is 0 Å². The van der Waals surface area contributed by atoms with Gasteiger partial charge in [0.1, 0.15) is 0 Å². The quantitative estimate of drug-likeness (QED) is 0.441. The molecule has 0 spiro atoms. The molecular formula is C13H19IN4S2. The highest BCUT2D eigenvalue weighted by atomic mass is 127. The first kappa shape index (κ1) is 17.4. The second-order valence-electron chi connectivity index (χ2n) is 3.99. The summed E-state index contributed by atoms with van der Waals surface area (Å²) in [6, 6.07) is 4.15. The standard InChI is InChI=1S/C13H18N4S2.HI/c1-3-14-13(15-7-11-5-4-6-18-11)16-8-12-10(2)17-9-19-12;/h4-6,9H,3,7-8H2,1-2H3,(H2,14,15,16);1H. The first-order valence-corrected chi connectivity index (χ1v) is 7.99. The lowest BCUT2D eigenvalue weighted by molar-refractivity contribution is 0.820. The molecule has 0 unspecified atom stereocenters. The highest BCUT2D eigenvalue weighted by molar-refractivity contribution is 14.0. The summed E-state index contributed by atoms with van der Waals surface area (Å²) in [6.07, 6.45) is 0. The van der Waals surface area contributed by atoms with Gasteiger partial charge in [-0.3, -0.25) is 0 Å². The van der Waals surface area contributed by atoms with Crippen LogP contribution in [0.5, 0.6) is 0 Å². The summed E-state index contributed by atoms with van der Waals surface area (Å²) in [5.41, 5.74) is 2.97. The molecule has 0 saturated carbocycles. The average molecular weight is 422 g/mol. The molecule has 2 heterocycles. The Bertz CT molecular complexity index is 522. The molecule has 7 heteroatoms. The minimum Gasteiger partial charge on any atom is -0.357 e. The van der Waals surface area contributed by atoms with Crippen LogP contribution in [0.25, 0.3) is 0 Å². The molecule has 0 atom stereocenters. The predicted octanol–water partition coefficient (Wildman–Crippen LogP) is 3.39. The number of aliphatic imine (C=N–C) groups is 1. The molecule has 0 bridgehead atoms. The molecule has 2 rings (SSSR count). The molecule has 0 amide bonds. The number of aryl methyl sites for hydroxylation is 1. The molecule has 4 nitrogen and oxygen atoms in total. The van der Waals surface area contributed by atoms with Gasteiger partial charge in [-0.2, -0.15) is 0 Å². The van der Waals surface area contributed by atoms with E-state index in [-0.39, 0.29) is 24.0 Å². The fraction of sp³-hybridized carbons (Fsp3) is 0.385. The third-order valence-electron chi connectivity index (χ3n) is 2.58. The molecule has 0 fully saturated rings. The van der Waals surface area contributed by atoms with E-state index < -0.39 is 0 Å². The number of hydrogen-bond donors (Lipinski definition) is 2. The van der Waals surface area contributed by atoms with E-state index in [2.05, 4.69) is 45.0 Å². The molecule has 0 radical (unpaired) electrons. The fourth-order valence-corrected chi connectivity index (χ4v) is 2.91. The summed E-state index contributed by atoms with van der Waals surface area (Å²) in [6.45, 7) is 6.45. The van der Waals surface area contributed by atoms with Crippen molar-refractivity contribution >= 4 is 52.6 Å². The Labute approximate surface area is 144 Å². The number of guanidine groups is 1. The Morgan fingerprint density at radius 2 is 2.20 bits per heavy atom. The van der Waals surface area contributed by atoms with Crippen LogP contribution in [0.3, 0.4) is 0 Å². The van der Waals surface area contributed by atoms with Gasteiger partial charge in [0.2, 0.25) is 0 Å². The third-order valence-corrected chi connectivity index (χ3v) is 4.37. The normalized spacial score (nSPS) is 11.0. The van der Waals surface area contributed by atoms with Gasteiger partial charge in [0, 0.05) is 16.3 Å². The zero-order chi connectivity index (χ0) is 13.5. The first-order chi connectivity index (χ1) is 9.29. The van der Waals surface area contributed by atoms with Gasteiger partial charge in [-0.05, 0) is 25.3 Å². The van der Waals surface area contributed by atoms with Crippen LogP contribution >= 0.6 is 46.7 Å². The Balaban J connectivity index is 0.00000200. The molecular weight excluding hydrogens is 403 g/mol. The van der Waals surface area contributed by atoms with Gasteiger partial charge in [0.25, 0.3) is 0 Å². The predicted molar refractivity (Wildman–Crippen MR) is 98.2 cm³/mol. The van der Waals surface area contributed by atoms with Crippen molar-refractivity contribution in [3.05, 3.63) is 38.5 Å². The van der Waals surface area contributed by atoms with E-state index >= 15 is 0 Å². The maximum atomic E-state index is 4.57. The SMILES string of the molecule is CCNC(=NCc1cccs1)NCc1scnc1C.I. The highest BCUT2D eigenvalue weighted by Crippen LogP contribution is 2.11. The van der Waals surface area contributed by atoms with Gasteiger partial charge < -0.3 is 10.6 Å². The Morgan fingerprint density at radius 3 is 2.80 bits per heavy atom. The molecule has 0 aromatic carbocycles. The number of thiophene rings is 1. The maximum absolute atomic E-state index is 4.57. The van der Waals surface area contributed by atoms with Crippen LogP contribution in [0.1, 0.15) is 22.4 Å². The molecule has 0 aliphatic carbocycles. The van der Waals surface area contributed by atoms with Crippen molar-refractivity contribution in [1.29, 1.82) is 0 Å². The van der Waals surface area contributed by atoms with Crippen molar-refractivity contribution in [3.63, 3.8) is 0 Å². The molecule has 0 saturated heterocycles. The van der Waals surface area contributed by atoms with E-state index in [0.717, 1.165) is 24.7 Å². The summed E-state index contributed by atoms with van der Waals surface area (Å²) in [4.78, 5) is 11.3. The Morgan fingerprint density at radius 1 is 1.35 bits per heavy atom. The lowest BCUT2D eigenvalue weighted by Gasteiger charge is -2.10. The van der Waals surface area contributed by atoms with Crippen molar-refractivity contribution < 1.29 is 0 Å². The van der Waals surface area contributed by atoms with E-state index in [1.807, 2.05) is 12.4 Å². The van der Waals surface area contributed by atoms with Crippen LogP contribution in [0, 0.1) is 6.92 Å². The van der Waals surface area contributed by atoms with E-state index in [1.54, 1.807) is 22.7 Å². The molecule has 0 aliphatic heterocycles. The zero-order valence-corrected chi connectivity index (χ0v) is 15.5. The van der Waals surface area contributed by atoms with Crippen LogP contribution < -0.4 is 10.6 Å². The van der Waals surface area contributed by atoms with Crippen LogP contribution in [-0.2, 0) is 13.1 Å². The third kappa shape index (κ3) is 5.37. The van der Waals surface area contributed by atoms with E-state index in [4.69, 9.17) is 0 Å². The molecule has 2 aromatic heterocycles. The van der Waals surface area contributed by atoms with Crippen LogP contribution in [0.15, 0.2) is 28.0 Å². The summed E-state index contributed by atoms with van der Waals surface area (Å²) >= 11 is 3.40. The number of thiazole rings is 1. The Kier molecular flexibility index (Phi) is 8.08. The lowest BCUT2D eigenvalue weighted by Crippen LogP contribution is -2.36. The molecule has 20 heavy (non-hydrogen) atoms. The summed E-state index contributed by atoms with van der Waals surface area (Å²) in [5, 5.41) is 8.67. The lowest BCUT2D eigenvalue weighted by atomic mass is 10.4. The van der Waals surface area contributed by atoms with Crippen molar-refractivity contribution in [3.8, 4) is 0 Å². The second kappa shape index (κ2) is 9.30. The topological polar surface area (TPSA) is 49.3 Å². The monoisotopic (exact) mass is 422 g/mol. The van der Waals surface area contributed by atoms with E-state index in [9.17, 15) is 0 Å². The number of rotatable bonds is 5. The number of halogens is 1. The molecule has 2 N–H and O–H groups in total. The van der Waals surface area contributed by atoms with Gasteiger partial charge in [0.05, 0.1) is 24.3 Å². The van der Waals surface area contributed by atoms with Crippen LogP contribution in [-0.4, -0.2) is 17.5 Å². The molecule has 2 aromatic rings. The number of hydrogen-bond acceptors (Lipinski definition) is 4. The zero-order valence-electron chi connectivity index (χ0n) is 11.5. The van der Waals surface area contributed by atoms with Gasteiger partial charge in [-0.1, -0.05) is 6.07 Å². The summed E-state index contributed by atoms with van der Waals surface area (Å²) < 4.78 is 0. The van der Waals surface area contributed by atoms with Gasteiger partial charge in [-0.25, -0.2) is 9.98 Å².